The van der Waals surface area contributed by atoms with Gasteiger partial charge in [-0.15, -0.1) is 0 Å². The third-order valence-corrected chi connectivity index (χ3v) is 1.71. The van der Waals surface area contributed by atoms with Crippen molar-refractivity contribution in [3.05, 3.63) is 0 Å². The number of guanidine groups is 1. The van der Waals surface area contributed by atoms with E-state index >= 15 is 0 Å². The Morgan fingerprint density at radius 3 is 2.00 bits per heavy atom. The number of hydrogen-bond acceptors (Lipinski definition) is 6. The number of carboxylic acids is 1. The minimum atomic E-state index is -1.00. The van der Waals surface area contributed by atoms with Crippen LogP contribution in [0.1, 0.15) is 12.8 Å². The van der Waals surface area contributed by atoms with E-state index in [4.69, 9.17) is 37.6 Å². The average Bonchev–Trinajstić information content (AvgIpc) is 2.33. The van der Waals surface area contributed by atoms with Crippen molar-refractivity contribution >= 4 is 11.9 Å². The molecule has 9 nitrogen and oxygen atoms in total. The molecule has 0 amide bonds. The van der Waals surface area contributed by atoms with Crippen LogP contribution in [0.15, 0.2) is 4.99 Å². The van der Waals surface area contributed by atoms with E-state index in [1.54, 1.807) is 0 Å². The molecule has 1 unspecified atom stereocenters. The first kappa shape index (κ1) is 18.9. The van der Waals surface area contributed by atoms with Crippen LogP contribution in [-0.4, -0.2) is 64.3 Å². The van der Waals surface area contributed by atoms with Gasteiger partial charge in [-0.1, -0.05) is 0 Å². The van der Waals surface area contributed by atoms with Gasteiger partial charge < -0.3 is 37.6 Å². The summed E-state index contributed by atoms with van der Waals surface area (Å²) in [6.07, 6.45) is 0.00213. The highest BCUT2D eigenvalue weighted by Crippen LogP contribution is 1.94. The van der Waals surface area contributed by atoms with Gasteiger partial charge >= 0.3 is 5.97 Å². The number of rotatable bonds is 7. The summed E-state index contributed by atoms with van der Waals surface area (Å²) in [5, 5.41) is 32.4. The van der Waals surface area contributed by atoms with Crippen LogP contribution in [0.25, 0.3) is 0 Å². The second kappa shape index (κ2) is 12.0. The number of nitrogens with zero attached hydrogens (tertiary/aromatic N) is 1. The number of aliphatic imine (C=N–C) groups is 1. The van der Waals surface area contributed by atoms with Crippen molar-refractivity contribution in [2.75, 3.05) is 19.8 Å². The monoisotopic (exact) mass is 266 g/mol. The molecule has 10 N–H and O–H groups in total. The van der Waals surface area contributed by atoms with Gasteiger partial charge in [-0.3, -0.25) is 9.79 Å². The summed E-state index contributed by atoms with van der Waals surface area (Å²) in [7, 11) is 0. The number of aliphatic carboxylic acids is 1. The SMILES string of the molecule is NC(N)=NCCCC(N)C(=O)O.OCC(O)CO. The third kappa shape index (κ3) is 14.6. The first-order valence-corrected chi connectivity index (χ1v) is 5.28. The molecule has 9 heteroatoms. The zero-order valence-electron chi connectivity index (χ0n) is 10.1. The van der Waals surface area contributed by atoms with Crippen LogP contribution in [0, 0.1) is 0 Å². The Kier molecular flexibility index (Phi) is 12.7. The van der Waals surface area contributed by atoms with E-state index in [0.29, 0.717) is 19.4 Å². The van der Waals surface area contributed by atoms with E-state index in [9.17, 15) is 4.79 Å². The predicted octanol–water partition coefficient (Wildman–Crippen LogP) is -3.22. The topological polar surface area (TPSA) is 188 Å². The van der Waals surface area contributed by atoms with Gasteiger partial charge in [-0.25, -0.2) is 0 Å². The Morgan fingerprint density at radius 2 is 1.72 bits per heavy atom. The summed E-state index contributed by atoms with van der Waals surface area (Å²) in [4.78, 5) is 13.9. The quantitative estimate of drug-likeness (QED) is 0.142. The Hall–Kier alpha value is -1.42. The van der Waals surface area contributed by atoms with Gasteiger partial charge in [-0.05, 0) is 12.8 Å². The molecule has 0 aliphatic carbocycles. The molecule has 0 saturated carbocycles. The summed E-state index contributed by atoms with van der Waals surface area (Å²) in [5.74, 6) is -0.987. The molecule has 0 aromatic carbocycles. The van der Waals surface area contributed by atoms with E-state index < -0.39 is 18.1 Å². The largest absolute Gasteiger partial charge is 0.480 e. The molecule has 0 aliphatic rings. The zero-order valence-corrected chi connectivity index (χ0v) is 10.1. The maximum absolute atomic E-state index is 10.2. The fraction of sp³-hybridized carbons (Fsp3) is 0.778. The van der Waals surface area contributed by atoms with Crippen LogP contribution in [0.2, 0.25) is 0 Å². The molecule has 0 aromatic heterocycles. The highest BCUT2D eigenvalue weighted by molar-refractivity contribution is 5.75. The lowest BCUT2D eigenvalue weighted by Gasteiger charge is -2.03. The van der Waals surface area contributed by atoms with Crippen LogP contribution in [0.3, 0.4) is 0 Å². The second-order valence-electron chi connectivity index (χ2n) is 3.41. The molecule has 108 valence electrons. The van der Waals surface area contributed by atoms with Crippen molar-refractivity contribution in [3.8, 4) is 0 Å². The number of nitrogens with two attached hydrogens (primary N) is 3. The summed E-state index contributed by atoms with van der Waals surface area (Å²) < 4.78 is 0. The lowest BCUT2D eigenvalue weighted by molar-refractivity contribution is -0.138. The van der Waals surface area contributed by atoms with E-state index in [1.807, 2.05) is 0 Å². The van der Waals surface area contributed by atoms with E-state index in [-0.39, 0.29) is 19.2 Å². The van der Waals surface area contributed by atoms with Gasteiger partial charge in [0.1, 0.15) is 12.1 Å². The van der Waals surface area contributed by atoms with Gasteiger partial charge in [0.25, 0.3) is 0 Å². The van der Waals surface area contributed by atoms with Gasteiger partial charge in [0, 0.05) is 6.54 Å². The molecular weight excluding hydrogens is 244 g/mol. The minimum absolute atomic E-state index is 0.0129. The fourth-order valence-corrected chi connectivity index (χ4v) is 0.701. The van der Waals surface area contributed by atoms with Gasteiger partial charge in [0.05, 0.1) is 13.2 Å². The summed E-state index contributed by atoms with van der Waals surface area (Å²) in [5.41, 5.74) is 15.3. The Bertz CT molecular complexity index is 241. The Morgan fingerprint density at radius 1 is 1.22 bits per heavy atom. The molecule has 0 heterocycles. The lowest BCUT2D eigenvalue weighted by Crippen LogP contribution is -2.30. The Balaban J connectivity index is 0. The predicted molar refractivity (Wildman–Crippen MR) is 65.7 cm³/mol. The highest BCUT2D eigenvalue weighted by Gasteiger charge is 2.09. The van der Waals surface area contributed by atoms with Crippen LogP contribution in [0.5, 0.6) is 0 Å². The van der Waals surface area contributed by atoms with Crippen LogP contribution in [-0.2, 0) is 4.79 Å². The number of aliphatic hydroxyl groups is 3. The van der Waals surface area contributed by atoms with Crippen molar-refractivity contribution in [1.29, 1.82) is 0 Å². The Labute approximate surface area is 105 Å². The third-order valence-electron chi connectivity index (χ3n) is 1.71. The first-order chi connectivity index (χ1) is 8.34. The highest BCUT2D eigenvalue weighted by atomic mass is 16.4. The molecule has 0 aliphatic heterocycles. The van der Waals surface area contributed by atoms with E-state index in [2.05, 4.69) is 4.99 Å². The molecule has 0 rings (SSSR count). The van der Waals surface area contributed by atoms with Crippen molar-refractivity contribution in [2.24, 2.45) is 22.2 Å². The van der Waals surface area contributed by atoms with Crippen molar-refractivity contribution in [2.45, 2.75) is 25.0 Å². The summed E-state index contributed by atoms with van der Waals surface area (Å²) >= 11 is 0. The maximum Gasteiger partial charge on any atom is 0.320 e. The van der Waals surface area contributed by atoms with E-state index in [1.165, 1.54) is 0 Å². The smallest absolute Gasteiger partial charge is 0.320 e. The number of hydrogen-bond donors (Lipinski definition) is 7. The van der Waals surface area contributed by atoms with E-state index in [0.717, 1.165) is 0 Å². The zero-order chi connectivity index (χ0) is 14.6. The minimum Gasteiger partial charge on any atom is -0.480 e. The van der Waals surface area contributed by atoms with Crippen LogP contribution < -0.4 is 17.2 Å². The van der Waals surface area contributed by atoms with Crippen LogP contribution >= 0.6 is 0 Å². The first-order valence-electron chi connectivity index (χ1n) is 5.28. The van der Waals surface area contributed by atoms with Gasteiger partial charge in [0.2, 0.25) is 0 Å². The van der Waals surface area contributed by atoms with Crippen molar-refractivity contribution in [3.63, 3.8) is 0 Å². The lowest BCUT2D eigenvalue weighted by atomic mass is 10.2. The molecule has 18 heavy (non-hydrogen) atoms. The average molecular weight is 266 g/mol. The van der Waals surface area contributed by atoms with Gasteiger partial charge in [0.15, 0.2) is 5.96 Å². The maximum atomic E-state index is 10.2. The standard InChI is InChI=1S/C6H14N4O2.C3H8O3/c7-4(5(11)12)2-1-3-10-6(8)9;4-1-3(6)2-5/h4H,1-3,7H2,(H,11,12)(H4,8,9,10);3-6H,1-2H2. The normalized spacial score (nSPS) is 11.4. The van der Waals surface area contributed by atoms with Crippen molar-refractivity contribution in [1.82, 2.24) is 0 Å². The molecule has 0 aromatic rings. The molecule has 0 saturated heterocycles. The number of carboxylic acid groups (broad SMARTS) is 1. The number of carbonyl (C=O) groups is 1. The molecule has 1 atom stereocenters. The molecular formula is C9H22N4O5. The number of aliphatic hydroxyl groups excluding tert-OH is 3. The summed E-state index contributed by atoms with van der Waals surface area (Å²) in [6, 6.07) is -0.820. The second-order valence-corrected chi connectivity index (χ2v) is 3.41. The van der Waals surface area contributed by atoms with Gasteiger partial charge in [-0.2, -0.15) is 0 Å². The molecule has 0 bridgehead atoms. The fourth-order valence-electron chi connectivity index (χ4n) is 0.701. The summed E-state index contributed by atoms with van der Waals surface area (Å²) in [6.45, 7) is -0.309. The molecule has 0 fully saturated rings. The van der Waals surface area contributed by atoms with Crippen LogP contribution in [0.4, 0.5) is 0 Å². The molecule has 0 spiro atoms. The molecule has 0 radical (unpaired) electrons. The van der Waals surface area contributed by atoms with Crippen molar-refractivity contribution < 1.29 is 25.2 Å².